The zero-order valence-electron chi connectivity index (χ0n) is 13.8. The lowest BCUT2D eigenvalue weighted by Crippen LogP contribution is -2.33. The molecule has 1 aliphatic rings. The average Bonchev–Trinajstić information content (AvgIpc) is 2.43. The predicted octanol–water partition coefficient (Wildman–Crippen LogP) is 4.73. The van der Waals surface area contributed by atoms with Crippen molar-refractivity contribution in [2.45, 2.75) is 52.9 Å². The van der Waals surface area contributed by atoms with Crippen LogP contribution in [0.25, 0.3) is 0 Å². The van der Waals surface area contributed by atoms with Crippen LogP contribution in [0.4, 0.5) is 4.39 Å². The Hall–Kier alpha value is -0.890. The molecule has 0 aliphatic heterocycles. The molecule has 0 spiro atoms. The van der Waals surface area contributed by atoms with Gasteiger partial charge in [0.05, 0.1) is 0 Å². The molecular formula is C19H30FN. The van der Waals surface area contributed by atoms with Crippen molar-refractivity contribution in [1.29, 1.82) is 0 Å². The summed E-state index contributed by atoms with van der Waals surface area (Å²) in [4.78, 5) is 0. The van der Waals surface area contributed by atoms with Crippen molar-refractivity contribution in [2.24, 2.45) is 17.8 Å². The molecule has 2 atom stereocenters. The van der Waals surface area contributed by atoms with Crippen LogP contribution in [0.1, 0.15) is 50.7 Å². The minimum Gasteiger partial charge on any atom is -0.316 e. The SMILES string of the molecule is Cc1cc(F)ccc1CC1CCCCC1CNCC(C)C. The topological polar surface area (TPSA) is 12.0 Å². The van der Waals surface area contributed by atoms with E-state index in [2.05, 4.69) is 19.2 Å². The van der Waals surface area contributed by atoms with E-state index in [4.69, 9.17) is 0 Å². The van der Waals surface area contributed by atoms with Crippen LogP contribution in [0.5, 0.6) is 0 Å². The minimum absolute atomic E-state index is 0.116. The lowest BCUT2D eigenvalue weighted by Gasteiger charge is -2.32. The summed E-state index contributed by atoms with van der Waals surface area (Å²) in [6, 6.07) is 5.26. The third-order valence-electron chi connectivity index (χ3n) is 4.81. The second-order valence-electron chi connectivity index (χ2n) is 7.13. The largest absolute Gasteiger partial charge is 0.316 e. The smallest absolute Gasteiger partial charge is 0.123 e. The van der Waals surface area contributed by atoms with Gasteiger partial charge in [0.1, 0.15) is 5.82 Å². The normalized spacial score (nSPS) is 22.7. The van der Waals surface area contributed by atoms with Crippen molar-refractivity contribution in [3.05, 3.63) is 35.1 Å². The molecular weight excluding hydrogens is 261 g/mol. The van der Waals surface area contributed by atoms with Crippen molar-refractivity contribution in [3.8, 4) is 0 Å². The molecule has 1 fully saturated rings. The molecule has 1 aromatic carbocycles. The summed E-state index contributed by atoms with van der Waals surface area (Å²) in [6.45, 7) is 8.80. The van der Waals surface area contributed by atoms with Crippen LogP contribution in [-0.2, 0) is 6.42 Å². The van der Waals surface area contributed by atoms with E-state index >= 15 is 0 Å². The van der Waals surface area contributed by atoms with E-state index in [-0.39, 0.29) is 5.82 Å². The first-order chi connectivity index (χ1) is 10.1. The fourth-order valence-corrected chi connectivity index (χ4v) is 3.55. The van der Waals surface area contributed by atoms with E-state index in [1.165, 1.54) is 31.2 Å². The maximum Gasteiger partial charge on any atom is 0.123 e. The second kappa shape index (κ2) is 7.93. The van der Waals surface area contributed by atoms with Gasteiger partial charge in [-0.05, 0) is 80.3 Å². The summed E-state index contributed by atoms with van der Waals surface area (Å²) in [7, 11) is 0. The standard InChI is InChI=1S/C19H30FN/c1-14(2)12-21-13-18-7-5-4-6-17(18)11-16-8-9-19(20)10-15(16)3/h8-10,14,17-18,21H,4-7,11-13H2,1-3H3. The Labute approximate surface area is 129 Å². The van der Waals surface area contributed by atoms with Crippen LogP contribution in [0.3, 0.4) is 0 Å². The Morgan fingerprint density at radius 2 is 1.90 bits per heavy atom. The van der Waals surface area contributed by atoms with E-state index < -0.39 is 0 Å². The van der Waals surface area contributed by atoms with Crippen LogP contribution >= 0.6 is 0 Å². The Morgan fingerprint density at radius 1 is 1.19 bits per heavy atom. The third-order valence-corrected chi connectivity index (χ3v) is 4.81. The van der Waals surface area contributed by atoms with Crippen LogP contribution < -0.4 is 5.32 Å². The Balaban J connectivity index is 1.94. The predicted molar refractivity (Wildman–Crippen MR) is 88.0 cm³/mol. The quantitative estimate of drug-likeness (QED) is 0.799. The zero-order valence-corrected chi connectivity index (χ0v) is 13.8. The average molecular weight is 291 g/mol. The van der Waals surface area contributed by atoms with E-state index in [0.717, 1.165) is 36.9 Å². The highest BCUT2D eigenvalue weighted by molar-refractivity contribution is 5.27. The van der Waals surface area contributed by atoms with Gasteiger partial charge in [-0.3, -0.25) is 0 Å². The fraction of sp³-hybridized carbons (Fsp3) is 0.684. The molecule has 0 saturated heterocycles. The molecule has 0 heterocycles. The molecule has 0 radical (unpaired) electrons. The van der Waals surface area contributed by atoms with Crippen molar-refractivity contribution in [1.82, 2.24) is 5.32 Å². The molecule has 1 N–H and O–H groups in total. The fourth-order valence-electron chi connectivity index (χ4n) is 3.55. The number of hydrogen-bond donors (Lipinski definition) is 1. The summed E-state index contributed by atoms with van der Waals surface area (Å²) >= 11 is 0. The Morgan fingerprint density at radius 3 is 2.57 bits per heavy atom. The van der Waals surface area contributed by atoms with Gasteiger partial charge in [0.25, 0.3) is 0 Å². The van der Waals surface area contributed by atoms with Gasteiger partial charge in [-0.2, -0.15) is 0 Å². The highest BCUT2D eigenvalue weighted by Gasteiger charge is 2.25. The molecule has 0 bridgehead atoms. The van der Waals surface area contributed by atoms with Crippen LogP contribution in [0, 0.1) is 30.5 Å². The maximum atomic E-state index is 13.2. The highest BCUT2D eigenvalue weighted by atomic mass is 19.1. The number of rotatable bonds is 6. The molecule has 1 nitrogen and oxygen atoms in total. The Kier molecular flexibility index (Phi) is 6.22. The molecule has 1 aliphatic carbocycles. The monoisotopic (exact) mass is 291 g/mol. The van der Waals surface area contributed by atoms with Gasteiger partial charge in [-0.15, -0.1) is 0 Å². The van der Waals surface area contributed by atoms with E-state index in [0.29, 0.717) is 5.92 Å². The van der Waals surface area contributed by atoms with Gasteiger partial charge < -0.3 is 5.32 Å². The molecule has 2 heteroatoms. The van der Waals surface area contributed by atoms with Crippen molar-refractivity contribution in [3.63, 3.8) is 0 Å². The van der Waals surface area contributed by atoms with E-state index in [1.54, 1.807) is 12.1 Å². The molecule has 0 aromatic heterocycles. The maximum absolute atomic E-state index is 13.2. The summed E-state index contributed by atoms with van der Waals surface area (Å²) in [5.41, 5.74) is 2.44. The van der Waals surface area contributed by atoms with Crippen LogP contribution in [-0.4, -0.2) is 13.1 Å². The summed E-state index contributed by atoms with van der Waals surface area (Å²) in [5, 5.41) is 3.63. The summed E-state index contributed by atoms with van der Waals surface area (Å²) < 4.78 is 13.2. The van der Waals surface area contributed by atoms with Crippen molar-refractivity contribution in [2.75, 3.05) is 13.1 Å². The summed E-state index contributed by atoms with van der Waals surface area (Å²) in [6.07, 6.45) is 6.50. The van der Waals surface area contributed by atoms with Gasteiger partial charge in [0.15, 0.2) is 0 Å². The van der Waals surface area contributed by atoms with E-state index in [1.807, 2.05) is 13.0 Å². The number of nitrogens with one attached hydrogen (secondary N) is 1. The zero-order chi connectivity index (χ0) is 15.2. The number of halogens is 1. The first-order valence-electron chi connectivity index (χ1n) is 8.52. The van der Waals surface area contributed by atoms with Crippen molar-refractivity contribution >= 4 is 0 Å². The lowest BCUT2D eigenvalue weighted by molar-refractivity contribution is 0.226. The molecule has 0 amide bonds. The first-order valence-corrected chi connectivity index (χ1v) is 8.52. The van der Waals surface area contributed by atoms with Gasteiger partial charge in [0, 0.05) is 0 Å². The molecule has 2 rings (SSSR count). The van der Waals surface area contributed by atoms with Gasteiger partial charge in [0.2, 0.25) is 0 Å². The number of hydrogen-bond acceptors (Lipinski definition) is 1. The first kappa shape index (κ1) is 16.5. The molecule has 118 valence electrons. The number of benzene rings is 1. The molecule has 1 saturated carbocycles. The third kappa shape index (κ3) is 5.10. The second-order valence-corrected chi connectivity index (χ2v) is 7.13. The van der Waals surface area contributed by atoms with Crippen LogP contribution in [0.2, 0.25) is 0 Å². The molecule has 2 unspecified atom stereocenters. The van der Waals surface area contributed by atoms with Gasteiger partial charge in [-0.1, -0.05) is 32.8 Å². The van der Waals surface area contributed by atoms with E-state index in [9.17, 15) is 4.39 Å². The van der Waals surface area contributed by atoms with Crippen molar-refractivity contribution < 1.29 is 4.39 Å². The summed E-state index contributed by atoms with van der Waals surface area (Å²) in [5.74, 6) is 2.13. The number of aryl methyl sites for hydroxylation is 1. The van der Waals surface area contributed by atoms with Gasteiger partial charge >= 0.3 is 0 Å². The molecule has 1 aromatic rings. The van der Waals surface area contributed by atoms with Gasteiger partial charge in [-0.25, -0.2) is 4.39 Å². The highest BCUT2D eigenvalue weighted by Crippen LogP contribution is 2.33. The lowest BCUT2D eigenvalue weighted by atomic mass is 9.75. The van der Waals surface area contributed by atoms with Crippen LogP contribution in [0.15, 0.2) is 18.2 Å². The minimum atomic E-state index is -0.116. The molecule has 21 heavy (non-hydrogen) atoms. The Bertz CT molecular complexity index is 441.